The van der Waals surface area contributed by atoms with Crippen molar-refractivity contribution in [3.8, 4) is 11.3 Å². The molecule has 1 aromatic carbocycles. The van der Waals surface area contributed by atoms with Gasteiger partial charge in [0, 0.05) is 11.5 Å². The van der Waals surface area contributed by atoms with Crippen LogP contribution in [0, 0.1) is 11.3 Å². The summed E-state index contributed by atoms with van der Waals surface area (Å²) in [5, 5.41) is 16.0. The Morgan fingerprint density at radius 1 is 1.26 bits per heavy atom. The molecule has 1 N–H and O–H groups in total. The number of benzene rings is 1. The standard InChI is InChI=1S/C19H15ClN4O2S/c1-10(2)18-23-24-16(21)13(17(25)22-19(24)27-18)9-11-7-8-15(26-11)12-5-3-4-6-14(12)20/h3-10,21H,1-2H3/b13-9+,21-16?. The molecule has 2 aliphatic rings. The first-order chi connectivity index (χ1) is 12.9. The van der Waals surface area contributed by atoms with Crippen molar-refractivity contribution in [2.45, 2.75) is 13.8 Å². The summed E-state index contributed by atoms with van der Waals surface area (Å²) < 4.78 is 5.80. The summed E-state index contributed by atoms with van der Waals surface area (Å²) in [4.78, 5) is 16.5. The van der Waals surface area contributed by atoms with E-state index in [1.54, 1.807) is 18.2 Å². The van der Waals surface area contributed by atoms with Gasteiger partial charge in [0.1, 0.15) is 16.6 Å². The zero-order valence-electron chi connectivity index (χ0n) is 14.6. The van der Waals surface area contributed by atoms with E-state index in [2.05, 4.69) is 10.1 Å². The highest BCUT2D eigenvalue weighted by molar-refractivity contribution is 8.27. The highest BCUT2D eigenvalue weighted by Gasteiger charge is 2.36. The minimum atomic E-state index is -0.477. The van der Waals surface area contributed by atoms with Gasteiger partial charge in [-0.15, -0.1) is 0 Å². The number of hydrazone groups is 1. The molecule has 0 atom stereocenters. The summed E-state index contributed by atoms with van der Waals surface area (Å²) in [5.74, 6) is 0.736. The molecular weight excluding hydrogens is 384 g/mol. The number of rotatable bonds is 3. The van der Waals surface area contributed by atoms with E-state index in [4.69, 9.17) is 21.4 Å². The number of furan rings is 1. The summed E-state index contributed by atoms with van der Waals surface area (Å²) in [5.41, 5.74) is 0.893. The van der Waals surface area contributed by atoms with Crippen molar-refractivity contribution in [1.29, 1.82) is 5.41 Å². The molecule has 0 saturated heterocycles. The Bertz CT molecular complexity index is 1050. The number of nitrogens with one attached hydrogen (secondary N) is 1. The van der Waals surface area contributed by atoms with Crippen molar-refractivity contribution in [2.75, 3.05) is 0 Å². The molecule has 2 aliphatic heterocycles. The third-order valence-electron chi connectivity index (χ3n) is 4.02. The monoisotopic (exact) mass is 398 g/mol. The van der Waals surface area contributed by atoms with Crippen LogP contribution in [0.15, 0.2) is 56.5 Å². The number of carbonyl (C=O) groups excluding carboxylic acids is 1. The molecule has 8 heteroatoms. The third-order valence-corrected chi connectivity index (χ3v) is 5.56. The highest BCUT2D eigenvalue weighted by Crippen LogP contribution is 2.32. The molecule has 0 spiro atoms. The molecule has 27 heavy (non-hydrogen) atoms. The van der Waals surface area contributed by atoms with E-state index in [0.717, 1.165) is 10.6 Å². The average Bonchev–Trinajstić information content (AvgIpc) is 3.26. The molecule has 0 fully saturated rings. The van der Waals surface area contributed by atoms with Crippen molar-refractivity contribution in [1.82, 2.24) is 5.01 Å². The van der Waals surface area contributed by atoms with Gasteiger partial charge < -0.3 is 4.42 Å². The van der Waals surface area contributed by atoms with Gasteiger partial charge >= 0.3 is 0 Å². The maximum absolute atomic E-state index is 12.4. The normalized spacial score (nSPS) is 18.2. The number of fused-ring (bicyclic) bond motifs is 1. The topological polar surface area (TPSA) is 82.0 Å². The van der Waals surface area contributed by atoms with Crippen LogP contribution in [0.3, 0.4) is 0 Å². The SMILES string of the molecule is CC(C)C1=NN2C(=N)/C(=C\c3ccc(-c4ccccc4Cl)o3)C(=O)N=C2S1. The van der Waals surface area contributed by atoms with E-state index >= 15 is 0 Å². The van der Waals surface area contributed by atoms with Crippen molar-refractivity contribution >= 4 is 51.4 Å². The number of nitrogens with zero attached hydrogens (tertiary/aromatic N) is 3. The number of amidine groups is 2. The Morgan fingerprint density at radius 2 is 2.04 bits per heavy atom. The van der Waals surface area contributed by atoms with E-state index in [9.17, 15) is 4.79 Å². The fourth-order valence-corrected chi connectivity index (χ4v) is 3.74. The molecule has 1 aromatic heterocycles. The fraction of sp³-hybridized carbons (Fsp3) is 0.158. The van der Waals surface area contributed by atoms with Gasteiger partial charge in [0.05, 0.1) is 10.6 Å². The molecule has 0 bridgehead atoms. The second kappa shape index (κ2) is 6.83. The van der Waals surface area contributed by atoms with Crippen LogP contribution in [0.2, 0.25) is 5.02 Å². The van der Waals surface area contributed by atoms with Gasteiger partial charge in [0.15, 0.2) is 5.84 Å². The highest BCUT2D eigenvalue weighted by atomic mass is 35.5. The summed E-state index contributed by atoms with van der Waals surface area (Å²) >= 11 is 7.52. The molecule has 4 rings (SSSR count). The first kappa shape index (κ1) is 17.8. The predicted molar refractivity (Wildman–Crippen MR) is 109 cm³/mol. The molecule has 2 aromatic rings. The van der Waals surface area contributed by atoms with Gasteiger partial charge in [0.2, 0.25) is 5.17 Å². The molecule has 0 radical (unpaired) electrons. The van der Waals surface area contributed by atoms with E-state index < -0.39 is 5.91 Å². The molecule has 3 heterocycles. The maximum atomic E-state index is 12.4. The van der Waals surface area contributed by atoms with Gasteiger partial charge in [-0.2, -0.15) is 15.1 Å². The number of thioether (sulfide) groups is 1. The molecule has 0 saturated carbocycles. The van der Waals surface area contributed by atoms with E-state index in [1.807, 2.05) is 32.0 Å². The van der Waals surface area contributed by atoms with Crippen LogP contribution in [-0.4, -0.2) is 27.0 Å². The summed E-state index contributed by atoms with van der Waals surface area (Å²) in [7, 11) is 0. The van der Waals surface area contributed by atoms with Crippen molar-refractivity contribution in [2.24, 2.45) is 16.0 Å². The molecule has 6 nitrogen and oxygen atoms in total. The van der Waals surface area contributed by atoms with Gasteiger partial charge in [-0.25, -0.2) is 0 Å². The molecular formula is C19H15ClN4O2S. The fourth-order valence-electron chi connectivity index (χ4n) is 2.62. The second-order valence-electron chi connectivity index (χ2n) is 6.29. The Balaban J connectivity index is 1.67. The van der Waals surface area contributed by atoms with E-state index in [-0.39, 0.29) is 17.3 Å². The van der Waals surface area contributed by atoms with Crippen LogP contribution >= 0.6 is 23.4 Å². The molecule has 0 unspecified atom stereocenters. The smallest absolute Gasteiger partial charge is 0.283 e. The first-order valence-corrected chi connectivity index (χ1v) is 9.48. The first-order valence-electron chi connectivity index (χ1n) is 8.29. The number of amides is 1. The van der Waals surface area contributed by atoms with Crippen LogP contribution in [-0.2, 0) is 4.79 Å². The van der Waals surface area contributed by atoms with Crippen molar-refractivity contribution in [3.05, 3.63) is 52.8 Å². The third kappa shape index (κ3) is 3.24. The Labute approximate surface area is 165 Å². The Morgan fingerprint density at radius 3 is 2.78 bits per heavy atom. The van der Waals surface area contributed by atoms with Gasteiger partial charge in [0.25, 0.3) is 5.91 Å². The second-order valence-corrected chi connectivity index (χ2v) is 7.69. The van der Waals surface area contributed by atoms with Gasteiger partial charge in [-0.3, -0.25) is 10.2 Å². The van der Waals surface area contributed by atoms with Crippen LogP contribution in [0.5, 0.6) is 0 Å². The predicted octanol–water partition coefficient (Wildman–Crippen LogP) is 4.88. The maximum Gasteiger partial charge on any atom is 0.283 e. The Hall–Kier alpha value is -2.64. The summed E-state index contributed by atoms with van der Waals surface area (Å²) in [6.45, 7) is 4.01. The number of hydrogen-bond donors (Lipinski definition) is 1. The minimum absolute atomic E-state index is 0.0103. The van der Waals surface area contributed by atoms with Gasteiger partial charge in [-0.05, 0) is 42.1 Å². The van der Waals surface area contributed by atoms with E-state index in [0.29, 0.717) is 21.7 Å². The van der Waals surface area contributed by atoms with Crippen LogP contribution in [0.25, 0.3) is 17.4 Å². The average molecular weight is 399 g/mol. The molecule has 136 valence electrons. The van der Waals surface area contributed by atoms with E-state index in [1.165, 1.54) is 22.8 Å². The zero-order valence-corrected chi connectivity index (χ0v) is 16.1. The number of aliphatic imine (C=N–C) groups is 1. The van der Waals surface area contributed by atoms with Crippen molar-refractivity contribution in [3.63, 3.8) is 0 Å². The van der Waals surface area contributed by atoms with Crippen LogP contribution < -0.4 is 0 Å². The Kier molecular flexibility index (Phi) is 4.49. The zero-order chi connectivity index (χ0) is 19.1. The summed E-state index contributed by atoms with van der Waals surface area (Å²) in [6.07, 6.45) is 1.51. The summed E-state index contributed by atoms with van der Waals surface area (Å²) in [6, 6.07) is 10.9. The number of halogens is 1. The van der Waals surface area contributed by atoms with Gasteiger partial charge in [-0.1, -0.05) is 37.6 Å². The van der Waals surface area contributed by atoms with Crippen molar-refractivity contribution < 1.29 is 9.21 Å². The van der Waals surface area contributed by atoms with Crippen LogP contribution in [0.4, 0.5) is 0 Å². The lowest BCUT2D eigenvalue weighted by atomic mass is 10.1. The largest absolute Gasteiger partial charge is 0.457 e. The lowest BCUT2D eigenvalue weighted by Crippen LogP contribution is -2.35. The molecule has 1 amide bonds. The number of carbonyl (C=O) groups is 1. The lowest BCUT2D eigenvalue weighted by Gasteiger charge is -2.19. The lowest BCUT2D eigenvalue weighted by molar-refractivity contribution is -0.114. The minimum Gasteiger partial charge on any atom is -0.457 e. The quantitative estimate of drug-likeness (QED) is 0.747. The number of hydrogen-bond acceptors (Lipinski definition) is 5. The molecule has 0 aliphatic carbocycles. The van der Waals surface area contributed by atoms with Crippen LogP contribution in [0.1, 0.15) is 19.6 Å².